The molecule has 0 rings (SSSR count). The average molecular weight is 271 g/mol. The quantitative estimate of drug-likeness (QED) is 0.277. The first-order valence-electron chi connectivity index (χ1n) is 9.09. The number of unbranched alkanes of at least 4 members (excludes halogenated alkanes) is 6. The highest BCUT2D eigenvalue weighted by Gasteiger charge is 2.23. The van der Waals surface area contributed by atoms with Crippen molar-refractivity contribution in [2.45, 2.75) is 91.9 Å². The van der Waals surface area contributed by atoms with E-state index in [2.05, 4.69) is 27.7 Å². The SMILES string of the molecule is CCCCCCCC[N+](CCC)(CCC)CCCC. The van der Waals surface area contributed by atoms with Crippen molar-refractivity contribution in [2.75, 3.05) is 26.2 Å². The molecular formula is C18H40N+. The summed E-state index contributed by atoms with van der Waals surface area (Å²) in [5.41, 5.74) is 0. The minimum atomic E-state index is 1.35. The fraction of sp³-hybridized carbons (Fsp3) is 1.00. The minimum absolute atomic E-state index is 1.35. The minimum Gasteiger partial charge on any atom is -0.324 e. The molecule has 0 radical (unpaired) electrons. The van der Waals surface area contributed by atoms with Gasteiger partial charge in [0.2, 0.25) is 0 Å². The summed E-state index contributed by atoms with van der Waals surface area (Å²) in [5, 5.41) is 0. The Labute approximate surface area is 123 Å². The van der Waals surface area contributed by atoms with Crippen LogP contribution in [-0.2, 0) is 0 Å². The van der Waals surface area contributed by atoms with Crippen LogP contribution in [0.5, 0.6) is 0 Å². The van der Waals surface area contributed by atoms with E-state index >= 15 is 0 Å². The fourth-order valence-corrected chi connectivity index (χ4v) is 3.34. The van der Waals surface area contributed by atoms with E-state index in [0.717, 1.165) is 0 Å². The van der Waals surface area contributed by atoms with Crippen LogP contribution in [0.25, 0.3) is 0 Å². The Hall–Kier alpha value is -0.0400. The van der Waals surface area contributed by atoms with Crippen molar-refractivity contribution in [1.29, 1.82) is 0 Å². The molecular weight excluding hydrogens is 230 g/mol. The maximum atomic E-state index is 2.36. The van der Waals surface area contributed by atoms with Gasteiger partial charge in [0.1, 0.15) is 0 Å². The summed E-state index contributed by atoms with van der Waals surface area (Å²) in [7, 11) is 0. The molecule has 1 heteroatoms. The molecule has 0 amide bonds. The molecule has 0 aromatic carbocycles. The molecule has 116 valence electrons. The highest BCUT2D eigenvalue weighted by atomic mass is 15.3. The van der Waals surface area contributed by atoms with Crippen LogP contribution in [0.4, 0.5) is 0 Å². The standard InChI is InChI=1S/C18H40N/c1-5-9-11-12-13-14-18-19(15-7-3,16-8-4)17-10-6-2/h5-18H2,1-4H3/q+1. The number of quaternary nitrogens is 1. The van der Waals surface area contributed by atoms with E-state index < -0.39 is 0 Å². The smallest absolute Gasteiger partial charge is 0.0786 e. The summed E-state index contributed by atoms with van der Waals surface area (Å²) in [6, 6.07) is 0. The van der Waals surface area contributed by atoms with Crippen molar-refractivity contribution in [3.63, 3.8) is 0 Å². The number of hydrogen-bond donors (Lipinski definition) is 0. The second-order valence-electron chi connectivity index (χ2n) is 6.36. The van der Waals surface area contributed by atoms with E-state index in [0.29, 0.717) is 0 Å². The molecule has 0 atom stereocenters. The van der Waals surface area contributed by atoms with E-state index in [9.17, 15) is 0 Å². The second-order valence-corrected chi connectivity index (χ2v) is 6.36. The van der Waals surface area contributed by atoms with E-state index in [1.54, 1.807) is 0 Å². The van der Waals surface area contributed by atoms with Crippen molar-refractivity contribution in [3.05, 3.63) is 0 Å². The molecule has 0 fully saturated rings. The van der Waals surface area contributed by atoms with Crippen molar-refractivity contribution >= 4 is 0 Å². The maximum Gasteiger partial charge on any atom is 0.0786 e. The van der Waals surface area contributed by atoms with Crippen LogP contribution in [0.3, 0.4) is 0 Å². The predicted molar refractivity (Wildman–Crippen MR) is 88.6 cm³/mol. The van der Waals surface area contributed by atoms with E-state index in [4.69, 9.17) is 0 Å². The first-order chi connectivity index (χ1) is 9.24. The Bertz CT molecular complexity index is 171. The molecule has 0 aliphatic carbocycles. The van der Waals surface area contributed by atoms with Gasteiger partial charge < -0.3 is 4.48 Å². The van der Waals surface area contributed by atoms with Gasteiger partial charge in [-0.2, -0.15) is 0 Å². The number of rotatable bonds is 14. The topological polar surface area (TPSA) is 0 Å². The van der Waals surface area contributed by atoms with Gasteiger partial charge >= 0.3 is 0 Å². The summed E-state index contributed by atoms with van der Waals surface area (Å²) in [5.74, 6) is 0. The molecule has 0 saturated carbocycles. The molecule has 0 aliphatic rings. The Balaban J connectivity index is 4.06. The molecule has 1 nitrogen and oxygen atoms in total. The highest BCUT2D eigenvalue weighted by molar-refractivity contribution is 4.49. The van der Waals surface area contributed by atoms with Gasteiger partial charge in [-0.15, -0.1) is 0 Å². The van der Waals surface area contributed by atoms with Gasteiger partial charge in [-0.05, 0) is 32.1 Å². The molecule has 0 unspecified atom stereocenters. The lowest BCUT2D eigenvalue weighted by Gasteiger charge is -2.39. The molecule has 0 saturated heterocycles. The Morgan fingerprint density at radius 3 is 1.42 bits per heavy atom. The average Bonchev–Trinajstić information content (AvgIpc) is 2.41. The fourth-order valence-electron chi connectivity index (χ4n) is 3.34. The molecule has 0 heterocycles. The van der Waals surface area contributed by atoms with Crippen molar-refractivity contribution in [2.24, 2.45) is 0 Å². The lowest BCUT2D eigenvalue weighted by Crippen LogP contribution is -2.50. The van der Waals surface area contributed by atoms with Gasteiger partial charge in [0.25, 0.3) is 0 Å². The second kappa shape index (κ2) is 13.0. The third kappa shape index (κ3) is 9.49. The van der Waals surface area contributed by atoms with Gasteiger partial charge in [0, 0.05) is 0 Å². The van der Waals surface area contributed by atoms with Crippen LogP contribution in [-0.4, -0.2) is 30.7 Å². The molecule has 0 spiro atoms. The summed E-state index contributed by atoms with van der Waals surface area (Å²) in [4.78, 5) is 0. The first-order valence-corrected chi connectivity index (χ1v) is 9.09. The Morgan fingerprint density at radius 2 is 0.895 bits per heavy atom. The third-order valence-electron chi connectivity index (χ3n) is 4.37. The van der Waals surface area contributed by atoms with Crippen LogP contribution < -0.4 is 0 Å². The van der Waals surface area contributed by atoms with Crippen LogP contribution in [0, 0.1) is 0 Å². The van der Waals surface area contributed by atoms with Crippen LogP contribution >= 0.6 is 0 Å². The third-order valence-corrected chi connectivity index (χ3v) is 4.37. The van der Waals surface area contributed by atoms with Crippen LogP contribution in [0.1, 0.15) is 91.9 Å². The maximum absolute atomic E-state index is 2.36. The summed E-state index contributed by atoms with van der Waals surface area (Å²) in [6.45, 7) is 15.0. The predicted octanol–water partition coefficient (Wildman–Crippen LogP) is 5.78. The molecule has 0 aromatic rings. The van der Waals surface area contributed by atoms with E-state index in [-0.39, 0.29) is 0 Å². The lowest BCUT2D eigenvalue weighted by molar-refractivity contribution is -0.928. The first kappa shape index (κ1) is 19.0. The Kier molecular flexibility index (Phi) is 12.9. The molecule has 19 heavy (non-hydrogen) atoms. The van der Waals surface area contributed by atoms with Crippen LogP contribution in [0.2, 0.25) is 0 Å². The highest BCUT2D eigenvalue weighted by Crippen LogP contribution is 2.16. The van der Waals surface area contributed by atoms with Crippen LogP contribution in [0.15, 0.2) is 0 Å². The van der Waals surface area contributed by atoms with Gasteiger partial charge in [0.15, 0.2) is 0 Å². The van der Waals surface area contributed by atoms with Crippen molar-refractivity contribution in [3.8, 4) is 0 Å². The molecule has 0 bridgehead atoms. The molecule has 0 N–H and O–H groups in total. The summed E-state index contributed by atoms with van der Waals surface area (Å²) < 4.78 is 1.41. The lowest BCUT2D eigenvalue weighted by atomic mass is 10.1. The number of nitrogens with zero attached hydrogens (tertiary/aromatic N) is 1. The summed E-state index contributed by atoms with van der Waals surface area (Å²) in [6.07, 6.45) is 14.1. The zero-order valence-electron chi connectivity index (χ0n) is 14.3. The van der Waals surface area contributed by atoms with Gasteiger partial charge in [-0.3, -0.25) is 0 Å². The van der Waals surface area contributed by atoms with Crippen molar-refractivity contribution in [1.82, 2.24) is 0 Å². The largest absolute Gasteiger partial charge is 0.324 e. The number of hydrogen-bond acceptors (Lipinski definition) is 0. The monoisotopic (exact) mass is 270 g/mol. The summed E-state index contributed by atoms with van der Waals surface area (Å²) >= 11 is 0. The molecule has 0 aliphatic heterocycles. The molecule has 0 aromatic heterocycles. The normalized spacial score (nSPS) is 12.0. The zero-order chi connectivity index (χ0) is 14.4. The van der Waals surface area contributed by atoms with E-state index in [1.807, 2.05) is 0 Å². The van der Waals surface area contributed by atoms with Gasteiger partial charge in [-0.1, -0.05) is 59.8 Å². The zero-order valence-corrected chi connectivity index (χ0v) is 14.3. The van der Waals surface area contributed by atoms with Crippen molar-refractivity contribution < 1.29 is 4.48 Å². The Morgan fingerprint density at radius 1 is 0.421 bits per heavy atom. The van der Waals surface area contributed by atoms with Gasteiger partial charge in [-0.25, -0.2) is 0 Å². The van der Waals surface area contributed by atoms with Gasteiger partial charge in [0.05, 0.1) is 26.2 Å². The van der Waals surface area contributed by atoms with E-state index in [1.165, 1.54) is 94.9 Å².